The molecule has 0 spiro atoms. The molecule has 2 heterocycles. The molecule has 1 amide bonds. The second-order valence-electron chi connectivity index (χ2n) is 6.69. The van der Waals surface area contributed by atoms with Gasteiger partial charge in [0.25, 0.3) is 5.91 Å². The van der Waals surface area contributed by atoms with Gasteiger partial charge in [-0.05, 0) is 55.0 Å². The summed E-state index contributed by atoms with van der Waals surface area (Å²) in [5, 5.41) is 7.32. The van der Waals surface area contributed by atoms with Gasteiger partial charge in [-0.3, -0.25) is 4.79 Å². The molecule has 0 atom stereocenters. The van der Waals surface area contributed by atoms with Gasteiger partial charge in [-0.2, -0.15) is 4.98 Å². The fourth-order valence-corrected chi connectivity index (χ4v) is 2.96. The molecule has 158 valence electrons. The van der Waals surface area contributed by atoms with E-state index in [0.717, 1.165) is 23.4 Å². The summed E-state index contributed by atoms with van der Waals surface area (Å²) in [7, 11) is 1.62. The number of furan rings is 1. The molecular formula is C23H22N4O4. The second-order valence-corrected chi connectivity index (χ2v) is 6.69. The van der Waals surface area contributed by atoms with Crippen molar-refractivity contribution in [2.24, 2.45) is 0 Å². The monoisotopic (exact) mass is 418 g/mol. The maximum absolute atomic E-state index is 12.2. The lowest BCUT2D eigenvalue weighted by atomic mass is 10.2. The Morgan fingerprint density at radius 3 is 2.68 bits per heavy atom. The summed E-state index contributed by atoms with van der Waals surface area (Å²) in [6.45, 7) is 2.55. The Morgan fingerprint density at radius 1 is 1.13 bits per heavy atom. The van der Waals surface area contributed by atoms with E-state index in [0.29, 0.717) is 24.1 Å². The van der Waals surface area contributed by atoms with Gasteiger partial charge in [0.05, 0.1) is 25.7 Å². The zero-order valence-electron chi connectivity index (χ0n) is 17.2. The van der Waals surface area contributed by atoms with Gasteiger partial charge in [0.2, 0.25) is 0 Å². The summed E-state index contributed by atoms with van der Waals surface area (Å²) >= 11 is 0. The number of aromatic nitrogens is 3. The summed E-state index contributed by atoms with van der Waals surface area (Å²) in [6, 6.07) is 18.4. The van der Waals surface area contributed by atoms with Crippen LogP contribution in [-0.2, 0) is 0 Å². The van der Waals surface area contributed by atoms with E-state index in [2.05, 4.69) is 15.4 Å². The Kier molecular flexibility index (Phi) is 5.98. The molecule has 0 aliphatic heterocycles. The predicted molar refractivity (Wildman–Crippen MR) is 116 cm³/mol. The first-order valence-electron chi connectivity index (χ1n) is 9.87. The molecule has 0 bridgehead atoms. The number of benzene rings is 2. The number of hydrogen-bond acceptors (Lipinski definition) is 6. The van der Waals surface area contributed by atoms with E-state index in [-0.39, 0.29) is 11.7 Å². The zero-order chi connectivity index (χ0) is 21.6. The van der Waals surface area contributed by atoms with E-state index in [1.54, 1.807) is 36.1 Å². The van der Waals surface area contributed by atoms with Crippen LogP contribution < -0.4 is 14.8 Å². The van der Waals surface area contributed by atoms with E-state index in [1.165, 1.54) is 6.26 Å². The number of nitrogens with one attached hydrogen (secondary N) is 1. The first-order valence-corrected chi connectivity index (χ1v) is 9.87. The lowest BCUT2D eigenvalue weighted by Crippen LogP contribution is -2.10. The minimum Gasteiger partial charge on any atom is -0.497 e. The van der Waals surface area contributed by atoms with Crippen molar-refractivity contribution in [2.45, 2.75) is 13.3 Å². The van der Waals surface area contributed by atoms with Crippen molar-refractivity contribution in [3.63, 3.8) is 0 Å². The highest BCUT2D eigenvalue weighted by Crippen LogP contribution is 2.27. The Balaban J connectivity index is 1.64. The topological polar surface area (TPSA) is 91.4 Å². The van der Waals surface area contributed by atoms with Crippen LogP contribution in [0.4, 0.5) is 5.69 Å². The van der Waals surface area contributed by atoms with Gasteiger partial charge in [-0.25, -0.2) is 4.68 Å². The lowest BCUT2D eigenvalue weighted by molar-refractivity contribution is 0.0996. The highest BCUT2D eigenvalue weighted by atomic mass is 16.5. The van der Waals surface area contributed by atoms with Gasteiger partial charge >= 0.3 is 6.01 Å². The summed E-state index contributed by atoms with van der Waals surface area (Å²) in [5.41, 5.74) is 2.25. The third kappa shape index (κ3) is 4.58. The normalized spacial score (nSPS) is 10.6. The van der Waals surface area contributed by atoms with Crippen LogP contribution in [0.3, 0.4) is 0 Å². The fourth-order valence-electron chi connectivity index (χ4n) is 2.96. The van der Waals surface area contributed by atoms with Gasteiger partial charge in [0.15, 0.2) is 11.6 Å². The molecule has 0 saturated heterocycles. The standard InChI is InChI=1S/C23H22N4O4/c1-3-13-31-23-25-21(16-6-4-7-19(15-16)29-2)27(26-23)18-11-9-17(10-12-18)24-22(28)20-8-5-14-30-20/h4-12,14-15H,3,13H2,1-2H3,(H,24,28). The first-order chi connectivity index (χ1) is 15.2. The van der Waals surface area contributed by atoms with Gasteiger partial charge in [0, 0.05) is 11.3 Å². The second kappa shape index (κ2) is 9.17. The van der Waals surface area contributed by atoms with Crippen LogP contribution in [0.15, 0.2) is 71.3 Å². The molecule has 0 unspecified atom stereocenters. The van der Waals surface area contributed by atoms with Gasteiger partial charge < -0.3 is 19.2 Å². The Bertz CT molecular complexity index is 1150. The molecule has 4 aromatic rings. The largest absolute Gasteiger partial charge is 0.497 e. The predicted octanol–water partition coefficient (Wildman–Crippen LogP) is 4.58. The summed E-state index contributed by atoms with van der Waals surface area (Å²) in [4.78, 5) is 16.7. The van der Waals surface area contributed by atoms with E-state index >= 15 is 0 Å². The van der Waals surface area contributed by atoms with E-state index in [4.69, 9.17) is 13.9 Å². The molecule has 0 radical (unpaired) electrons. The summed E-state index contributed by atoms with van der Waals surface area (Å²) in [5.74, 6) is 1.28. The van der Waals surface area contributed by atoms with Crippen LogP contribution in [0.2, 0.25) is 0 Å². The van der Waals surface area contributed by atoms with Crippen LogP contribution in [0.25, 0.3) is 17.1 Å². The maximum atomic E-state index is 12.2. The van der Waals surface area contributed by atoms with Crippen LogP contribution >= 0.6 is 0 Å². The van der Waals surface area contributed by atoms with Crippen molar-refractivity contribution >= 4 is 11.6 Å². The molecule has 4 rings (SSSR count). The molecular weight excluding hydrogens is 396 g/mol. The number of rotatable bonds is 8. The molecule has 0 saturated carbocycles. The molecule has 2 aromatic carbocycles. The Morgan fingerprint density at radius 2 is 1.97 bits per heavy atom. The third-order valence-corrected chi connectivity index (χ3v) is 4.47. The van der Waals surface area contributed by atoms with Crippen LogP contribution in [-0.4, -0.2) is 34.4 Å². The molecule has 8 nitrogen and oxygen atoms in total. The van der Waals surface area contributed by atoms with Crippen LogP contribution in [0.1, 0.15) is 23.9 Å². The van der Waals surface area contributed by atoms with Crippen molar-refractivity contribution < 1.29 is 18.7 Å². The summed E-state index contributed by atoms with van der Waals surface area (Å²) < 4.78 is 17.8. The van der Waals surface area contributed by atoms with Crippen LogP contribution in [0.5, 0.6) is 11.8 Å². The third-order valence-electron chi connectivity index (χ3n) is 4.47. The quantitative estimate of drug-likeness (QED) is 0.450. The lowest BCUT2D eigenvalue weighted by Gasteiger charge is -2.08. The van der Waals surface area contributed by atoms with Gasteiger partial charge in [-0.1, -0.05) is 19.1 Å². The number of carbonyl (C=O) groups excluding carboxylic acids is 1. The van der Waals surface area contributed by atoms with Crippen molar-refractivity contribution in [2.75, 3.05) is 19.0 Å². The Hall–Kier alpha value is -4.07. The molecule has 1 N–H and O–H groups in total. The molecule has 31 heavy (non-hydrogen) atoms. The van der Waals surface area contributed by atoms with Crippen molar-refractivity contribution in [3.05, 3.63) is 72.7 Å². The highest BCUT2D eigenvalue weighted by Gasteiger charge is 2.16. The first kappa shape index (κ1) is 20.2. The maximum Gasteiger partial charge on any atom is 0.336 e. The molecule has 0 aliphatic carbocycles. The number of amides is 1. The molecule has 2 aromatic heterocycles. The van der Waals surface area contributed by atoms with Crippen molar-refractivity contribution in [3.8, 4) is 28.8 Å². The smallest absolute Gasteiger partial charge is 0.336 e. The number of carbonyl (C=O) groups is 1. The highest BCUT2D eigenvalue weighted by molar-refractivity contribution is 6.02. The number of hydrogen-bond donors (Lipinski definition) is 1. The average molecular weight is 418 g/mol. The van der Waals surface area contributed by atoms with E-state index in [1.807, 2.05) is 43.3 Å². The van der Waals surface area contributed by atoms with Gasteiger partial charge in [0.1, 0.15) is 5.75 Å². The minimum atomic E-state index is -0.314. The van der Waals surface area contributed by atoms with E-state index < -0.39 is 0 Å². The van der Waals surface area contributed by atoms with Crippen LogP contribution in [0, 0.1) is 0 Å². The minimum absolute atomic E-state index is 0.248. The number of anilines is 1. The molecule has 8 heteroatoms. The molecule has 0 fully saturated rings. The summed E-state index contributed by atoms with van der Waals surface area (Å²) in [6.07, 6.45) is 2.31. The van der Waals surface area contributed by atoms with E-state index in [9.17, 15) is 4.79 Å². The number of methoxy groups -OCH3 is 1. The number of nitrogens with zero attached hydrogens (tertiary/aromatic N) is 3. The average Bonchev–Trinajstić information content (AvgIpc) is 3.49. The Labute approximate surface area is 179 Å². The number of ether oxygens (including phenoxy) is 2. The SMILES string of the molecule is CCCOc1nc(-c2cccc(OC)c2)n(-c2ccc(NC(=O)c3ccco3)cc2)n1. The molecule has 0 aliphatic rings. The fraction of sp³-hybridized carbons (Fsp3) is 0.174. The van der Waals surface area contributed by atoms with Crippen molar-refractivity contribution in [1.29, 1.82) is 0 Å². The zero-order valence-corrected chi connectivity index (χ0v) is 17.2. The van der Waals surface area contributed by atoms with Crippen molar-refractivity contribution in [1.82, 2.24) is 14.8 Å². The van der Waals surface area contributed by atoms with Gasteiger partial charge in [-0.15, -0.1) is 5.10 Å².